The van der Waals surface area contributed by atoms with E-state index in [0.29, 0.717) is 0 Å². The molecule has 0 fully saturated rings. The average molecular weight is 176 g/mol. The third-order valence-corrected chi connectivity index (χ3v) is 2.89. The van der Waals surface area contributed by atoms with Crippen molar-refractivity contribution in [3.8, 4) is 11.1 Å². The molecule has 0 atom stereocenters. The van der Waals surface area contributed by atoms with Crippen molar-refractivity contribution in [1.82, 2.24) is 0 Å². The largest absolute Gasteiger partial charge is 0.114 e. The molecule has 64 valence electrons. The summed E-state index contributed by atoms with van der Waals surface area (Å²) in [4.78, 5) is 0. The van der Waals surface area contributed by atoms with Crippen LogP contribution in [0.15, 0.2) is 42.5 Å². The van der Waals surface area contributed by atoms with Crippen LogP contribution in [0.4, 0.5) is 0 Å². The van der Waals surface area contributed by atoms with Crippen molar-refractivity contribution in [3.63, 3.8) is 0 Å². The molecule has 0 unspecified atom stereocenters. The van der Waals surface area contributed by atoms with E-state index in [1.807, 2.05) is 12.1 Å². The molecule has 0 heterocycles. The first-order valence-corrected chi connectivity index (χ1v) is 4.82. The summed E-state index contributed by atoms with van der Waals surface area (Å²) in [5.41, 5.74) is 6.24. The Morgan fingerprint density at radius 2 is 1.64 bits per heavy atom. The summed E-state index contributed by atoms with van der Waals surface area (Å²) in [5, 5.41) is 0. The molecule has 1 aliphatic carbocycles. The van der Waals surface area contributed by atoms with Gasteiger partial charge in [0.15, 0.2) is 0 Å². The number of hydrogen-bond acceptors (Lipinski definition) is 0. The van der Waals surface area contributed by atoms with E-state index in [9.17, 15) is 0 Å². The first-order valence-electron chi connectivity index (χ1n) is 4.82. The SMILES string of the molecule is [B]c1cccc2c1Cc1ccccc1-2. The third kappa shape index (κ3) is 0.956. The van der Waals surface area contributed by atoms with Crippen LogP contribution in [0, 0.1) is 0 Å². The van der Waals surface area contributed by atoms with Crippen molar-refractivity contribution in [2.75, 3.05) is 0 Å². The maximum atomic E-state index is 5.95. The quantitative estimate of drug-likeness (QED) is 0.460. The molecule has 2 aromatic rings. The molecule has 0 saturated carbocycles. The van der Waals surface area contributed by atoms with Gasteiger partial charge in [-0.05, 0) is 28.7 Å². The van der Waals surface area contributed by atoms with E-state index >= 15 is 0 Å². The first kappa shape index (κ1) is 7.87. The monoisotopic (exact) mass is 176 g/mol. The molecular formula is C13H9B. The van der Waals surface area contributed by atoms with E-state index in [1.54, 1.807) is 0 Å². The van der Waals surface area contributed by atoms with Crippen molar-refractivity contribution in [3.05, 3.63) is 53.6 Å². The molecule has 14 heavy (non-hydrogen) atoms. The fraction of sp³-hybridized carbons (Fsp3) is 0.0769. The highest BCUT2D eigenvalue weighted by Crippen LogP contribution is 2.34. The molecule has 3 rings (SSSR count). The van der Waals surface area contributed by atoms with Gasteiger partial charge in [-0.1, -0.05) is 47.9 Å². The second-order valence-corrected chi connectivity index (χ2v) is 3.71. The second-order valence-electron chi connectivity index (χ2n) is 3.71. The van der Waals surface area contributed by atoms with E-state index in [2.05, 4.69) is 30.3 Å². The number of benzene rings is 2. The average Bonchev–Trinajstić information content (AvgIpc) is 2.59. The van der Waals surface area contributed by atoms with Crippen molar-refractivity contribution >= 4 is 13.3 Å². The maximum absolute atomic E-state index is 5.95. The van der Waals surface area contributed by atoms with E-state index in [4.69, 9.17) is 7.85 Å². The van der Waals surface area contributed by atoms with Crippen molar-refractivity contribution < 1.29 is 0 Å². The molecular weight excluding hydrogens is 167 g/mol. The Labute approximate surface area is 85.0 Å². The molecule has 0 bridgehead atoms. The van der Waals surface area contributed by atoms with E-state index in [1.165, 1.54) is 22.3 Å². The van der Waals surface area contributed by atoms with Crippen LogP contribution >= 0.6 is 0 Å². The molecule has 0 aromatic heterocycles. The van der Waals surface area contributed by atoms with Crippen LogP contribution in [0.5, 0.6) is 0 Å². The first-order chi connectivity index (χ1) is 6.86. The van der Waals surface area contributed by atoms with Gasteiger partial charge in [0.25, 0.3) is 0 Å². The van der Waals surface area contributed by atoms with Crippen LogP contribution in [0.2, 0.25) is 0 Å². The molecule has 0 saturated heterocycles. The highest BCUT2D eigenvalue weighted by atomic mass is 14.2. The van der Waals surface area contributed by atoms with E-state index < -0.39 is 0 Å². The van der Waals surface area contributed by atoms with Crippen LogP contribution in [-0.2, 0) is 6.42 Å². The highest BCUT2D eigenvalue weighted by molar-refractivity contribution is 6.34. The summed E-state index contributed by atoms with van der Waals surface area (Å²) in [7, 11) is 5.95. The van der Waals surface area contributed by atoms with Gasteiger partial charge in [-0.3, -0.25) is 0 Å². The minimum Gasteiger partial charge on any atom is -0.0926 e. The zero-order chi connectivity index (χ0) is 9.54. The van der Waals surface area contributed by atoms with Gasteiger partial charge in [-0.15, -0.1) is 0 Å². The fourth-order valence-corrected chi connectivity index (χ4v) is 2.18. The molecule has 2 radical (unpaired) electrons. The van der Waals surface area contributed by atoms with Crippen LogP contribution < -0.4 is 5.46 Å². The Kier molecular flexibility index (Phi) is 1.54. The van der Waals surface area contributed by atoms with Gasteiger partial charge in [-0.25, -0.2) is 0 Å². The lowest BCUT2D eigenvalue weighted by atomic mass is 9.88. The van der Waals surface area contributed by atoms with Gasteiger partial charge < -0.3 is 0 Å². The lowest BCUT2D eigenvalue weighted by molar-refractivity contribution is 1.28. The smallest absolute Gasteiger partial charge is 0.0926 e. The predicted octanol–water partition coefficient (Wildman–Crippen LogP) is 2.05. The maximum Gasteiger partial charge on any atom is 0.114 e. The zero-order valence-electron chi connectivity index (χ0n) is 7.83. The topological polar surface area (TPSA) is 0 Å². The zero-order valence-corrected chi connectivity index (χ0v) is 7.83. The van der Waals surface area contributed by atoms with E-state index in [0.717, 1.165) is 11.9 Å². The Bertz CT molecular complexity index is 500. The fourth-order valence-electron chi connectivity index (χ4n) is 2.18. The molecule has 1 aliphatic rings. The third-order valence-electron chi connectivity index (χ3n) is 2.89. The van der Waals surface area contributed by atoms with Crippen LogP contribution in [0.1, 0.15) is 11.1 Å². The lowest BCUT2D eigenvalue weighted by Crippen LogP contribution is -2.08. The van der Waals surface area contributed by atoms with Crippen LogP contribution in [0.3, 0.4) is 0 Å². The normalized spacial score (nSPS) is 12.3. The predicted molar refractivity (Wildman–Crippen MR) is 60.1 cm³/mol. The number of fused-ring (bicyclic) bond motifs is 3. The second kappa shape index (κ2) is 2.75. The number of hydrogen-bond donors (Lipinski definition) is 0. The highest BCUT2D eigenvalue weighted by Gasteiger charge is 2.17. The minimum atomic E-state index is 0.915. The van der Waals surface area contributed by atoms with Crippen LogP contribution in [0.25, 0.3) is 11.1 Å². The van der Waals surface area contributed by atoms with Gasteiger partial charge in [0.05, 0.1) is 0 Å². The molecule has 2 aromatic carbocycles. The summed E-state index contributed by atoms with van der Waals surface area (Å²) >= 11 is 0. The molecule has 0 amide bonds. The Morgan fingerprint density at radius 1 is 0.857 bits per heavy atom. The van der Waals surface area contributed by atoms with E-state index in [-0.39, 0.29) is 0 Å². The molecule has 0 aliphatic heterocycles. The van der Waals surface area contributed by atoms with Crippen molar-refractivity contribution in [2.24, 2.45) is 0 Å². The summed E-state index contributed by atoms with van der Waals surface area (Å²) < 4.78 is 0. The van der Waals surface area contributed by atoms with Gasteiger partial charge in [0.2, 0.25) is 0 Å². The van der Waals surface area contributed by atoms with Gasteiger partial charge in [-0.2, -0.15) is 0 Å². The summed E-state index contributed by atoms with van der Waals surface area (Å²) in [6.07, 6.45) is 0.984. The number of rotatable bonds is 0. The molecule has 0 spiro atoms. The molecule has 0 N–H and O–H groups in total. The van der Waals surface area contributed by atoms with Crippen molar-refractivity contribution in [2.45, 2.75) is 6.42 Å². The lowest BCUT2D eigenvalue weighted by Gasteiger charge is -2.02. The Hall–Kier alpha value is -1.50. The van der Waals surface area contributed by atoms with Gasteiger partial charge >= 0.3 is 0 Å². The summed E-state index contributed by atoms with van der Waals surface area (Å²) in [5.74, 6) is 0. The van der Waals surface area contributed by atoms with Gasteiger partial charge in [0.1, 0.15) is 7.85 Å². The molecule has 0 nitrogen and oxygen atoms in total. The summed E-state index contributed by atoms with van der Waals surface area (Å²) in [6.45, 7) is 0. The van der Waals surface area contributed by atoms with Crippen LogP contribution in [-0.4, -0.2) is 7.85 Å². The minimum absolute atomic E-state index is 0.915. The van der Waals surface area contributed by atoms with Gasteiger partial charge in [0, 0.05) is 0 Å². The summed E-state index contributed by atoms with van der Waals surface area (Å²) in [6, 6.07) is 14.7. The standard InChI is InChI=1S/C13H9B/c14-13-7-3-6-11-10-5-2-1-4-9(10)8-12(11)13/h1-7H,8H2. The molecule has 1 heteroatoms. The Balaban J connectivity index is 2.33. The van der Waals surface area contributed by atoms with Crippen molar-refractivity contribution in [1.29, 1.82) is 0 Å². The Morgan fingerprint density at radius 3 is 2.57 bits per heavy atom.